The van der Waals surface area contributed by atoms with Gasteiger partial charge in [0.05, 0.1) is 13.2 Å². The van der Waals surface area contributed by atoms with Gasteiger partial charge in [0.1, 0.15) is 6.04 Å². The van der Waals surface area contributed by atoms with Gasteiger partial charge in [-0.1, -0.05) is 6.07 Å². The number of hydrogen-bond acceptors (Lipinski definition) is 4. The Kier molecular flexibility index (Phi) is 4.27. The largest absolute Gasteiger partial charge is 0.490 e. The Balaban J connectivity index is 2.28. The van der Waals surface area contributed by atoms with E-state index in [1.807, 2.05) is 32.0 Å². The fraction of sp³-hybridized carbons (Fsp3) is 0.500. The second kappa shape index (κ2) is 5.93. The van der Waals surface area contributed by atoms with Crippen molar-refractivity contribution in [3.8, 4) is 11.5 Å². The van der Waals surface area contributed by atoms with Crippen LogP contribution in [0.2, 0.25) is 0 Å². The number of nitrogens with one attached hydrogen (secondary N) is 1. The van der Waals surface area contributed by atoms with Crippen LogP contribution in [0.25, 0.3) is 0 Å². The van der Waals surface area contributed by atoms with Crippen LogP contribution in [0.4, 0.5) is 0 Å². The van der Waals surface area contributed by atoms with E-state index in [0.717, 1.165) is 12.0 Å². The van der Waals surface area contributed by atoms with Crippen LogP contribution in [-0.4, -0.2) is 25.2 Å². The quantitative estimate of drug-likeness (QED) is 0.861. The summed E-state index contributed by atoms with van der Waals surface area (Å²) in [5, 5.41) is 3.15. The van der Waals surface area contributed by atoms with Crippen LogP contribution in [0.1, 0.15) is 31.9 Å². The molecule has 1 atom stereocenters. The fourth-order valence-electron chi connectivity index (χ4n) is 2.04. The zero-order valence-corrected chi connectivity index (χ0v) is 11.3. The lowest BCUT2D eigenvalue weighted by molar-refractivity contribution is -0.120. The molecule has 0 spiro atoms. The van der Waals surface area contributed by atoms with Gasteiger partial charge in [0.15, 0.2) is 11.5 Å². The minimum Gasteiger partial charge on any atom is -0.490 e. The summed E-state index contributed by atoms with van der Waals surface area (Å²) in [6.45, 7) is 5.21. The lowest BCUT2D eigenvalue weighted by Crippen LogP contribution is -2.37. The smallest absolute Gasteiger partial charge is 0.239 e. The Hall–Kier alpha value is -1.75. The molecule has 1 aliphatic rings. The molecule has 1 aromatic rings. The Morgan fingerprint density at radius 1 is 1.26 bits per heavy atom. The van der Waals surface area contributed by atoms with Crippen LogP contribution in [0, 0.1) is 0 Å². The van der Waals surface area contributed by atoms with Gasteiger partial charge in [-0.25, -0.2) is 0 Å². The van der Waals surface area contributed by atoms with E-state index in [1.54, 1.807) is 0 Å². The Morgan fingerprint density at radius 3 is 2.58 bits per heavy atom. The summed E-state index contributed by atoms with van der Waals surface area (Å²) in [6.07, 6.45) is 0.855. The lowest BCUT2D eigenvalue weighted by atomic mass is 10.0. The summed E-state index contributed by atoms with van der Waals surface area (Å²) in [7, 11) is 0. The first kappa shape index (κ1) is 13.7. The zero-order valence-electron chi connectivity index (χ0n) is 11.3. The van der Waals surface area contributed by atoms with E-state index in [9.17, 15) is 4.79 Å². The van der Waals surface area contributed by atoms with Gasteiger partial charge >= 0.3 is 0 Å². The summed E-state index contributed by atoms with van der Waals surface area (Å²) >= 11 is 0. The van der Waals surface area contributed by atoms with Crippen LogP contribution in [0.5, 0.6) is 11.5 Å². The SMILES string of the molecule is CC(C)NC(C(N)=O)c1ccc2c(c1)OCCCO2. The average molecular weight is 264 g/mol. The maximum Gasteiger partial charge on any atom is 0.239 e. The number of fused-ring (bicyclic) bond motifs is 1. The Bertz CT molecular complexity index is 460. The van der Waals surface area contributed by atoms with Crippen molar-refractivity contribution in [2.45, 2.75) is 32.4 Å². The number of hydrogen-bond donors (Lipinski definition) is 2. The normalized spacial score (nSPS) is 15.9. The van der Waals surface area contributed by atoms with Crippen LogP contribution < -0.4 is 20.5 Å². The summed E-state index contributed by atoms with van der Waals surface area (Å²) in [4.78, 5) is 11.6. The molecule has 0 aromatic heterocycles. The van der Waals surface area contributed by atoms with Crippen molar-refractivity contribution in [2.75, 3.05) is 13.2 Å². The molecule has 19 heavy (non-hydrogen) atoms. The molecule has 1 aromatic carbocycles. The van der Waals surface area contributed by atoms with Gasteiger partial charge in [-0.15, -0.1) is 0 Å². The molecule has 2 rings (SSSR count). The molecule has 0 aliphatic carbocycles. The average Bonchev–Trinajstić information content (AvgIpc) is 2.59. The molecule has 0 radical (unpaired) electrons. The molecule has 3 N–H and O–H groups in total. The summed E-state index contributed by atoms with van der Waals surface area (Å²) < 4.78 is 11.2. The first-order valence-electron chi connectivity index (χ1n) is 6.53. The monoisotopic (exact) mass is 264 g/mol. The molecular weight excluding hydrogens is 244 g/mol. The number of nitrogens with two attached hydrogens (primary N) is 1. The predicted octanol–water partition coefficient (Wildman–Crippen LogP) is 1.37. The molecule has 0 saturated carbocycles. The van der Waals surface area contributed by atoms with Gasteiger partial charge in [0, 0.05) is 12.5 Å². The molecule has 1 aliphatic heterocycles. The summed E-state index contributed by atoms with van der Waals surface area (Å²) in [5.74, 6) is 0.990. The number of amides is 1. The molecular formula is C14H20N2O3. The first-order chi connectivity index (χ1) is 9.08. The fourth-order valence-corrected chi connectivity index (χ4v) is 2.04. The van der Waals surface area contributed by atoms with E-state index in [1.165, 1.54) is 0 Å². The van der Waals surface area contributed by atoms with Crippen molar-refractivity contribution in [3.05, 3.63) is 23.8 Å². The number of benzene rings is 1. The molecule has 1 amide bonds. The lowest BCUT2D eigenvalue weighted by Gasteiger charge is -2.19. The summed E-state index contributed by atoms with van der Waals surface area (Å²) in [5.41, 5.74) is 6.25. The van der Waals surface area contributed by atoms with E-state index in [4.69, 9.17) is 15.2 Å². The van der Waals surface area contributed by atoms with Crippen molar-refractivity contribution >= 4 is 5.91 Å². The van der Waals surface area contributed by atoms with Gasteiger partial charge in [-0.2, -0.15) is 0 Å². The molecule has 1 unspecified atom stereocenters. The van der Waals surface area contributed by atoms with Crippen LogP contribution in [-0.2, 0) is 4.79 Å². The Morgan fingerprint density at radius 2 is 1.95 bits per heavy atom. The van der Waals surface area contributed by atoms with E-state index < -0.39 is 11.9 Å². The first-order valence-corrected chi connectivity index (χ1v) is 6.53. The number of carbonyl (C=O) groups is 1. The van der Waals surface area contributed by atoms with Gasteiger partial charge in [0.25, 0.3) is 0 Å². The van der Waals surface area contributed by atoms with E-state index >= 15 is 0 Å². The maximum absolute atomic E-state index is 11.6. The highest BCUT2D eigenvalue weighted by molar-refractivity contribution is 5.81. The summed E-state index contributed by atoms with van der Waals surface area (Å²) in [6, 6.07) is 5.14. The minimum absolute atomic E-state index is 0.161. The van der Waals surface area contributed by atoms with Gasteiger partial charge in [0.2, 0.25) is 5.91 Å². The standard InChI is InChI=1S/C14H20N2O3/c1-9(2)16-13(14(15)17)10-4-5-11-12(8-10)19-7-3-6-18-11/h4-5,8-9,13,16H,3,6-7H2,1-2H3,(H2,15,17). The van der Waals surface area contributed by atoms with Crippen molar-refractivity contribution < 1.29 is 14.3 Å². The highest BCUT2D eigenvalue weighted by Gasteiger charge is 2.21. The van der Waals surface area contributed by atoms with E-state index in [2.05, 4.69) is 5.32 Å². The highest BCUT2D eigenvalue weighted by Crippen LogP contribution is 2.32. The van der Waals surface area contributed by atoms with Crippen LogP contribution in [0.3, 0.4) is 0 Å². The molecule has 5 heteroatoms. The van der Waals surface area contributed by atoms with Crippen LogP contribution in [0.15, 0.2) is 18.2 Å². The number of rotatable bonds is 4. The van der Waals surface area contributed by atoms with Crippen molar-refractivity contribution in [1.82, 2.24) is 5.32 Å². The highest BCUT2D eigenvalue weighted by atomic mass is 16.5. The third-order valence-electron chi connectivity index (χ3n) is 2.89. The Labute approximate surface area is 113 Å². The maximum atomic E-state index is 11.6. The second-order valence-corrected chi connectivity index (χ2v) is 4.91. The van der Waals surface area contributed by atoms with Gasteiger partial charge in [-0.3, -0.25) is 10.1 Å². The number of carbonyl (C=O) groups excluding carboxylic acids is 1. The molecule has 0 bridgehead atoms. The van der Waals surface area contributed by atoms with Crippen molar-refractivity contribution in [3.63, 3.8) is 0 Å². The third kappa shape index (κ3) is 3.38. The third-order valence-corrected chi connectivity index (χ3v) is 2.89. The number of ether oxygens (including phenoxy) is 2. The van der Waals surface area contributed by atoms with Crippen molar-refractivity contribution in [1.29, 1.82) is 0 Å². The molecule has 1 heterocycles. The van der Waals surface area contributed by atoms with Gasteiger partial charge in [-0.05, 0) is 31.5 Å². The second-order valence-electron chi connectivity index (χ2n) is 4.91. The molecule has 0 fully saturated rings. The topological polar surface area (TPSA) is 73.6 Å². The molecule has 5 nitrogen and oxygen atoms in total. The minimum atomic E-state index is -0.517. The zero-order chi connectivity index (χ0) is 13.8. The van der Waals surface area contributed by atoms with E-state index in [0.29, 0.717) is 24.7 Å². The van der Waals surface area contributed by atoms with E-state index in [-0.39, 0.29) is 6.04 Å². The van der Waals surface area contributed by atoms with Gasteiger partial charge < -0.3 is 15.2 Å². The van der Waals surface area contributed by atoms with Crippen molar-refractivity contribution in [2.24, 2.45) is 5.73 Å². The number of primary amides is 1. The van der Waals surface area contributed by atoms with Crippen LogP contribution >= 0.6 is 0 Å². The molecule has 0 saturated heterocycles. The predicted molar refractivity (Wildman–Crippen MR) is 72.3 cm³/mol. The molecule has 104 valence electrons.